The van der Waals surface area contributed by atoms with Crippen molar-refractivity contribution in [1.29, 1.82) is 5.26 Å². The zero-order chi connectivity index (χ0) is 15.1. The van der Waals surface area contributed by atoms with Gasteiger partial charge >= 0.3 is 0 Å². The van der Waals surface area contributed by atoms with Crippen LogP contribution >= 0.6 is 0 Å². The zero-order valence-corrected chi connectivity index (χ0v) is 13.4. The summed E-state index contributed by atoms with van der Waals surface area (Å²) in [6.45, 7) is 2.84. The van der Waals surface area contributed by atoms with Gasteiger partial charge in [-0.2, -0.15) is 5.26 Å². The molecule has 0 heterocycles. The maximum absolute atomic E-state index is 12.3. The molecular weight excluding hydrogens is 282 g/mol. The normalized spacial score (nSPS) is 23.2. The first-order valence-corrected chi connectivity index (χ1v) is 9.07. The lowest BCUT2D eigenvalue weighted by Crippen LogP contribution is -2.25. The summed E-state index contributed by atoms with van der Waals surface area (Å²) in [7, 11) is -0.713. The molecule has 1 aliphatic carbocycles. The standard InChI is InChI=1S/C17H23NO2S/c1-14-4-2-5-17(12-14)21(19)11-3-10-20-16-8-6-15(13-18)7-9-16/h6-9,14,17H,2-5,10-12H2,1H3. The Morgan fingerprint density at radius 1 is 1.33 bits per heavy atom. The van der Waals surface area contributed by atoms with Crippen LogP contribution in [0.4, 0.5) is 0 Å². The van der Waals surface area contributed by atoms with Crippen molar-refractivity contribution in [3.8, 4) is 11.8 Å². The molecule has 114 valence electrons. The summed E-state index contributed by atoms with van der Waals surface area (Å²) < 4.78 is 17.9. The molecule has 2 rings (SSSR count). The predicted octanol–water partition coefficient (Wildman–Crippen LogP) is 3.65. The maximum atomic E-state index is 12.3. The van der Waals surface area contributed by atoms with Crippen LogP contribution in [0.3, 0.4) is 0 Å². The van der Waals surface area contributed by atoms with Crippen LogP contribution in [0.5, 0.6) is 5.75 Å². The first-order valence-electron chi connectivity index (χ1n) is 7.69. The van der Waals surface area contributed by atoms with Gasteiger partial charge in [-0.3, -0.25) is 4.21 Å². The van der Waals surface area contributed by atoms with Crippen LogP contribution in [0.15, 0.2) is 24.3 Å². The number of hydrogen-bond donors (Lipinski definition) is 0. The predicted molar refractivity (Wildman–Crippen MR) is 85.7 cm³/mol. The van der Waals surface area contributed by atoms with E-state index in [0.29, 0.717) is 17.4 Å². The minimum Gasteiger partial charge on any atom is -0.494 e. The van der Waals surface area contributed by atoms with Gasteiger partial charge in [-0.25, -0.2) is 0 Å². The minimum absolute atomic E-state index is 0.392. The van der Waals surface area contributed by atoms with Gasteiger partial charge in [-0.15, -0.1) is 0 Å². The Morgan fingerprint density at radius 2 is 2.10 bits per heavy atom. The first kappa shape index (κ1) is 16.0. The Labute approximate surface area is 129 Å². The van der Waals surface area contributed by atoms with Gasteiger partial charge in [0.1, 0.15) is 5.75 Å². The lowest BCUT2D eigenvalue weighted by Gasteiger charge is -2.26. The summed E-state index contributed by atoms with van der Waals surface area (Å²) >= 11 is 0. The highest BCUT2D eigenvalue weighted by molar-refractivity contribution is 7.85. The highest BCUT2D eigenvalue weighted by atomic mass is 32.2. The van der Waals surface area contributed by atoms with Crippen molar-refractivity contribution in [3.63, 3.8) is 0 Å². The Bertz CT molecular complexity index is 507. The molecule has 0 saturated heterocycles. The minimum atomic E-state index is -0.713. The Balaban J connectivity index is 1.67. The van der Waals surface area contributed by atoms with Crippen LogP contribution in [-0.2, 0) is 10.8 Å². The topological polar surface area (TPSA) is 50.1 Å². The molecule has 3 unspecified atom stereocenters. The molecule has 0 amide bonds. The summed E-state index contributed by atoms with van der Waals surface area (Å²) in [5.74, 6) is 2.22. The van der Waals surface area contributed by atoms with Crippen molar-refractivity contribution in [2.75, 3.05) is 12.4 Å². The Kier molecular flexibility index (Phi) is 6.25. The van der Waals surface area contributed by atoms with Gasteiger partial charge in [0.2, 0.25) is 0 Å². The molecule has 0 aliphatic heterocycles. The maximum Gasteiger partial charge on any atom is 0.119 e. The van der Waals surface area contributed by atoms with E-state index in [0.717, 1.165) is 36.7 Å². The van der Waals surface area contributed by atoms with E-state index >= 15 is 0 Å². The van der Waals surface area contributed by atoms with Crippen LogP contribution < -0.4 is 4.74 Å². The molecule has 4 heteroatoms. The molecule has 0 aromatic heterocycles. The second-order valence-electron chi connectivity index (χ2n) is 5.82. The first-order chi connectivity index (χ1) is 10.2. The van der Waals surface area contributed by atoms with Crippen molar-refractivity contribution >= 4 is 10.8 Å². The molecule has 1 aromatic rings. The van der Waals surface area contributed by atoms with Crippen LogP contribution in [0.2, 0.25) is 0 Å². The number of ether oxygens (including phenoxy) is 1. The highest BCUT2D eigenvalue weighted by Crippen LogP contribution is 2.27. The third kappa shape index (κ3) is 5.17. The number of nitriles is 1. The van der Waals surface area contributed by atoms with Crippen LogP contribution in [0.25, 0.3) is 0 Å². The third-order valence-corrected chi connectivity index (χ3v) is 5.86. The van der Waals surface area contributed by atoms with Gasteiger partial charge in [0, 0.05) is 21.8 Å². The molecule has 1 saturated carbocycles. The van der Waals surface area contributed by atoms with Gasteiger partial charge in [0.05, 0.1) is 18.2 Å². The molecular formula is C17H23NO2S. The van der Waals surface area contributed by atoms with Gasteiger partial charge in [0.25, 0.3) is 0 Å². The molecule has 1 fully saturated rings. The largest absolute Gasteiger partial charge is 0.494 e. The fraction of sp³-hybridized carbons (Fsp3) is 0.588. The number of nitrogens with zero attached hydrogens (tertiary/aromatic N) is 1. The number of benzene rings is 1. The van der Waals surface area contributed by atoms with E-state index in [-0.39, 0.29) is 0 Å². The SMILES string of the molecule is CC1CCCC(S(=O)CCCOc2ccc(C#N)cc2)C1. The summed E-state index contributed by atoms with van der Waals surface area (Å²) in [4.78, 5) is 0. The molecule has 21 heavy (non-hydrogen) atoms. The van der Waals surface area contributed by atoms with E-state index < -0.39 is 10.8 Å². The van der Waals surface area contributed by atoms with Gasteiger partial charge in [0.15, 0.2) is 0 Å². The van der Waals surface area contributed by atoms with Crippen molar-refractivity contribution in [2.45, 2.75) is 44.3 Å². The van der Waals surface area contributed by atoms with Crippen LogP contribution in [0.1, 0.15) is 44.6 Å². The smallest absolute Gasteiger partial charge is 0.119 e. The average Bonchev–Trinajstić information content (AvgIpc) is 2.52. The highest BCUT2D eigenvalue weighted by Gasteiger charge is 2.23. The summed E-state index contributed by atoms with van der Waals surface area (Å²) in [5, 5.41) is 9.11. The van der Waals surface area contributed by atoms with E-state index in [1.807, 2.05) is 0 Å². The summed E-state index contributed by atoms with van der Waals surface area (Å²) in [6, 6.07) is 9.18. The third-order valence-electron chi connectivity index (χ3n) is 4.00. The summed E-state index contributed by atoms with van der Waals surface area (Å²) in [5.41, 5.74) is 0.634. The quantitative estimate of drug-likeness (QED) is 0.754. The molecule has 0 radical (unpaired) electrons. The second kappa shape index (κ2) is 8.19. The molecule has 3 atom stereocenters. The molecule has 1 aromatic carbocycles. The van der Waals surface area contributed by atoms with E-state index in [1.54, 1.807) is 24.3 Å². The fourth-order valence-electron chi connectivity index (χ4n) is 2.80. The van der Waals surface area contributed by atoms with Crippen molar-refractivity contribution in [2.24, 2.45) is 5.92 Å². The van der Waals surface area contributed by atoms with E-state index in [2.05, 4.69) is 13.0 Å². The monoisotopic (exact) mass is 305 g/mol. The van der Waals surface area contributed by atoms with Crippen molar-refractivity contribution in [3.05, 3.63) is 29.8 Å². The van der Waals surface area contributed by atoms with Gasteiger partial charge < -0.3 is 4.74 Å². The Morgan fingerprint density at radius 3 is 2.76 bits per heavy atom. The summed E-state index contributed by atoms with van der Waals surface area (Å²) in [6.07, 6.45) is 5.56. The molecule has 0 N–H and O–H groups in total. The van der Waals surface area contributed by atoms with Gasteiger partial charge in [-0.1, -0.05) is 19.8 Å². The lowest BCUT2D eigenvalue weighted by molar-refractivity contribution is 0.318. The molecule has 3 nitrogen and oxygen atoms in total. The number of hydrogen-bond acceptors (Lipinski definition) is 3. The van der Waals surface area contributed by atoms with E-state index in [1.165, 1.54) is 12.8 Å². The van der Waals surface area contributed by atoms with Gasteiger partial charge in [-0.05, 0) is 49.4 Å². The molecule has 0 spiro atoms. The number of rotatable bonds is 6. The van der Waals surface area contributed by atoms with Crippen LogP contribution in [-0.4, -0.2) is 21.8 Å². The Hall–Kier alpha value is -1.34. The van der Waals surface area contributed by atoms with Crippen molar-refractivity contribution in [1.82, 2.24) is 0 Å². The van der Waals surface area contributed by atoms with Crippen molar-refractivity contribution < 1.29 is 8.95 Å². The average molecular weight is 305 g/mol. The fourth-order valence-corrected chi connectivity index (χ4v) is 4.51. The van der Waals surface area contributed by atoms with E-state index in [4.69, 9.17) is 10.00 Å². The zero-order valence-electron chi connectivity index (χ0n) is 12.6. The van der Waals surface area contributed by atoms with E-state index in [9.17, 15) is 4.21 Å². The molecule has 0 bridgehead atoms. The lowest BCUT2D eigenvalue weighted by atomic mass is 9.91. The second-order valence-corrected chi connectivity index (χ2v) is 7.65. The molecule has 1 aliphatic rings. The van der Waals surface area contributed by atoms with Crippen LogP contribution in [0, 0.1) is 17.2 Å².